The lowest BCUT2D eigenvalue weighted by molar-refractivity contribution is 0.0887. The van der Waals surface area contributed by atoms with Gasteiger partial charge in [-0.3, -0.25) is 4.99 Å². The first-order valence-corrected chi connectivity index (χ1v) is 9.87. The Hall–Kier alpha value is -1.79. The largest absolute Gasteiger partial charge is 0.492 e. The zero-order valence-corrected chi connectivity index (χ0v) is 17.3. The highest BCUT2D eigenvalue weighted by atomic mass is 16.5. The smallest absolute Gasteiger partial charge is 0.193 e. The van der Waals surface area contributed by atoms with Crippen LogP contribution in [0.4, 0.5) is 0 Å². The number of hydrogen-bond donors (Lipinski definition) is 1. The summed E-state index contributed by atoms with van der Waals surface area (Å²) in [5, 5.41) is 3.38. The average Bonchev–Trinajstić information content (AvgIpc) is 3.13. The van der Waals surface area contributed by atoms with Gasteiger partial charge in [-0.2, -0.15) is 0 Å². The second kappa shape index (κ2) is 11.8. The van der Waals surface area contributed by atoms with E-state index in [9.17, 15) is 0 Å². The van der Waals surface area contributed by atoms with Gasteiger partial charge in [-0.05, 0) is 49.9 Å². The van der Waals surface area contributed by atoms with Gasteiger partial charge in [0.1, 0.15) is 12.4 Å². The number of ether oxygens (including phenoxy) is 3. The lowest BCUT2D eigenvalue weighted by Crippen LogP contribution is -2.41. The van der Waals surface area contributed by atoms with E-state index in [4.69, 9.17) is 14.2 Å². The summed E-state index contributed by atoms with van der Waals surface area (Å²) in [6.45, 7) is 9.70. The minimum Gasteiger partial charge on any atom is -0.492 e. The Morgan fingerprint density at radius 3 is 2.70 bits per heavy atom. The summed E-state index contributed by atoms with van der Waals surface area (Å²) < 4.78 is 17.0. The summed E-state index contributed by atoms with van der Waals surface area (Å²) in [6, 6.07) is 6.28. The van der Waals surface area contributed by atoms with E-state index >= 15 is 0 Å². The highest BCUT2D eigenvalue weighted by molar-refractivity contribution is 5.79. The monoisotopic (exact) mass is 377 g/mol. The first kappa shape index (κ1) is 21.5. The Bertz CT molecular complexity index is 566. The molecule has 1 N–H and O–H groups in total. The van der Waals surface area contributed by atoms with Gasteiger partial charge in [-0.25, -0.2) is 0 Å². The molecule has 1 atom stereocenters. The van der Waals surface area contributed by atoms with Crippen molar-refractivity contribution >= 4 is 5.96 Å². The summed E-state index contributed by atoms with van der Waals surface area (Å²) >= 11 is 0. The molecule has 1 saturated heterocycles. The molecule has 1 aromatic carbocycles. The zero-order valence-electron chi connectivity index (χ0n) is 17.3. The molecule has 0 aliphatic carbocycles. The normalized spacial score (nSPS) is 17.2. The molecule has 27 heavy (non-hydrogen) atoms. The summed E-state index contributed by atoms with van der Waals surface area (Å²) in [7, 11) is 3.83. The minimum absolute atomic E-state index is 0.578. The predicted molar refractivity (Wildman–Crippen MR) is 110 cm³/mol. The van der Waals surface area contributed by atoms with Gasteiger partial charge in [0, 0.05) is 39.8 Å². The molecule has 6 heteroatoms. The zero-order chi connectivity index (χ0) is 19.5. The van der Waals surface area contributed by atoms with Crippen molar-refractivity contribution in [2.75, 3.05) is 60.2 Å². The summed E-state index contributed by atoms with van der Waals surface area (Å²) in [5.74, 6) is 2.38. The first-order valence-electron chi connectivity index (χ1n) is 9.87. The van der Waals surface area contributed by atoms with E-state index in [1.54, 1.807) is 7.05 Å². The molecule has 0 radical (unpaired) electrons. The van der Waals surface area contributed by atoms with E-state index in [1.165, 1.54) is 11.1 Å². The van der Waals surface area contributed by atoms with Crippen molar-refractivity contribution < 1.29 is 14.2 Å². The fourth-order valence-corrected chi connectivity index (χ4v) is 3.15. The van der Waals surface area contributed by atoms with Gasteiger partial charge in [0.2, 0.25) is 0 Å². The molecular weight excluding hydrogens is 342 g/mol. The first-order chi connectivity index (χ1) is 13.1. The Morgan fingerprint density at radius 2 is 2.04 bits per heavy atom. The standard InChI is InChI=1S/C21H35N3O3/c1-17-12-18(2)14-20(13-17)27-11-8-24(4)21(22-3)23-7-5-9-25-15-19-6-10-26-16-19/h12-14,19H,5-11,15-16H2,1-4H3,(H,22,23). The van der Waals surface area contributed by atoms with Crippen LogP contribution in [0.2, 0.25) is 0 Å². The van der Waals surface area contributed by atoms with Crippen molar-refractivity contribution in [3.8, 4) is 5.75 Å². The molecule has 1 unspecified atom stereocenters. The van der Waals surface area contributed by atoms with Crippen molar-refractivity contribution in [3.05, 3.63) is 29.3 Å². The molecule has 0 aromatic heterocycles. The van der Waals surface area contributed by atoms with Crippen LogP contribution in [-0.2, 0) is 9.47 Å². The van der Waals surface area contributed by atoms with Crippen LogP contribution in [0.1, 0.15) is 24.0 Å². The van der Waals surface area contributed by atoms with Gasteiger partial charge in [0.15, 0.2) is 5.96 Å². The molecule has 0 amide bonds. The number of likely N-dealkylation sites (N-methyl/N-ethyl adjacent to an activating group) is 1. The van der Waals surface area contributed by atoms with Crippen LogP contribution in [0.25, 0.3) is 0 Å². The van der Waals surface area contributed by atoms with E-state index in [1.807, 2.05) is 7.05 Å². The van der Waals surface area contributed by atoms with Crippen molar-refractivity contribution in [3.63, 3.8) is 0 Å². The molecule has 1 aliphatic heterocycles. The molecule has 152 valence electrons. The molecule has 0 bridgehead atoms. The van der Waals surface area contributed by atoms with Crippen molar-refractivity contribution in [1.29, 1.82) is 0 Å². The van der Waals surface area contributed by atoms with Crippen LogP contribution < -0.4 is 10.1 Å². The molecule has 1 aliphatic rings. The lowest BCUT2D eigenvalue weighted by Gasteiger charge is -2.22. The lowest BCUT2D eigenvalue weighted by atomic mass is 10.1. The second-order valence-electron chi connectivity index (χ2n) is 7.23. The Morgan fingerprint density at radius 1 is 1.26 bits per heavy atom. The van der Waals surface area contributed by atoms with Crippen molar-refractivity contribution in [2.45, 2.75) is 26.7 Å². The van der Waals surface area contributed by atoms with E-state index < -0.39 is 0 Å². The summed E-state index contributed by atoms with van der Waals surface area (Å²) in [4.78, 5) is 6.42. The maximum atomic E-state index is 5.88. The highest BCUT2D eigenvalue weighted by Crippen LogP contribution is 2.16. The Labute approximate surface area is 163 Å². The van der Waals surface area contributed by atoms with Crippen LogP contribution in [-0.4, -0.2) is 71.1 Å². The fourth-order valence-electron chi connectivity index (χ4n) is 3.15. The van der Waals surface area contributed by atoms with Gasteiger partial charge in [-0.15, -0.1) is 0 Å². The van der Waals surface area contributed by atoms with Gasteiger partial charge < -0.3 is 24.4 Å². The number of benzene rings is 1. The number of nitrogens with one attached hydrogen (secondary N) is 1. The van der Waals surface area contributed by atoms with Crippen LogP contribution >= 0.6 is 0 Å². The van der Waals surface area contributed by atoms with E-state index in [0.29, 0.717) is 12.5 Å². The number of aryl methyl sites for hydroxylation is 2. The second-order valence-corrected chi connectivity index (χ2v) is 7.23. The molecule has 2 rings (SSSR count). The number of aliphatic imine (C=N–C) groups is 1. The maximum absolute atomic E-state index is 5.88. The third-order valence-corrected chi connectivity index (χ3v) is 4.59. The van der Waals surface area contributed by atoms with Gasteiger partial charge in [-0.1, -0.05) is 6.07 Å². The SMILES string of the molecule is CN=C(NCCCOCC1CCOC1)N(C)CCOc1cc(C)cc(C)c1. The van der Waals surface area contributed by atoms with Crippen LogP contribution in [0.15, 0.2) is 23.2 Å². The van der Waals surface area contributed by atoms with Crippen LogP contribution in [0, 0.1) is 19.8 Å². The van der Waals surface area contributed by atoms with Crippen LogP contribution in [0.3, 0.4) is 0 Å². The molecule has 0 saturated carbocycles. The maximum Gasteiger partial charge on any atom is 0.193 e. The molecule has 6 nitrogen and oxygen atoms in total. The van der Waals surface area contributed by atoms with Gasteiger partial charge in [0.05, 0.1) is 19.8 Å². The Kier molecular flexibility index (Phi) is 9.42. The molecule has 0 spiro atoms. The van der Waals surface area contributed by atoms with Gasteiger partial charge in [0.25, 0.3) is 0 Å². The van der Waals surface area contributed by atoms with Crippen LogP contribution in [0.5, 0.6) is 5.75 Å². The third-order valence-electron chi connectivity index (χ3n) is 4.59. The number of nitrogens with zero attached hydrogens (tertiary/aromatic N) is 2. The molecule has 1 heterocycles. The van der Waals surface area contributed by atoms with Crippen molar-refractivity contribution in [2.24, 2.45) is 10.9 Å². The summed E-state index contributed by atoms with van der Waals surface area (Å²) in [6.07, 6.45) is 2.08. The third kappa shape index (κ3) is 8.18. The average molecular weight is 378 g/mol. The topological polar surface area (TPSA) is 55.3 Å². The number of rotatable bonds is 10. The molecular formula is C21H35N3O3. The number of hydrogen-bond acceptors (Lipinski definition) is 4. The Balaban J connectivity index is 1.58. The van der Waals surface area contributed by atoms with E-state index in [0.717, 1.165) is 64.1 Å². The highest BCUT2D eigenvalue weighted by Gasteiger charge is 2.15. The van der Waals surface area contributed by atoms with Gasteiger partial charge >= 0.3 is 0 Å². The minimum atomic E-state index is 0.578. The quantitative estimate of drug-likeness (QED) is 0.386. The molecule has 1 aromatic rings. The predicted octanol–water partition coefficient (Wildman–Crippen LogP) is 2.63. The van der Waals surface area contributed by atoms with E-state index in [-0.39, 0.29) is 0 Å². The van der Waals surface area contributed by atoms with Crippen molar-refractivity contribution in [1.82, 2.24) is 10.2 Å². The number of guanidine groups is 1. The fraction of sp³-hybridized carbons (Fsp3) is 0.667. The summed E-state index contributed by atoms with van der Waals surface area (Å²) in [5.41, 5.74) is 2.44. The molecule has 1 fully saturated rings. The van der Waals surface area contributed by atoms with E-state index in [2.05, 4.69) is 47.3 Å².